The molecule has 1 N–H and O–H groups in total. The molecule has 0 spiro atoms. The molecule has 0 heterocycles. The number of alkyl halides is 3. The Morgan fingerprint density at radius 2 is 1.76 bits per heavy atom. The normalized spacial score (nSPS) is 14.1. The Hall–Kier alpha value is -1.08. The van der Waals surface area contributed by atoms with Crippen molar-refractivity contribution in [3.8, 4) is 0 Å². The summed E-state index contributed by atoms with van der Waals surface area (Å²) in [5, 5.41) is 3.17. The van der Waals surface area contributed by atoms with Crippen LogP contribution in [0.4, 0.5) is 13.2 Å². The van der Waals surface area contributed by atoms with Gasteiger partial charge >= 0.3 is 6.18 Å². The van der Waals surface area contributed by atoms with Crippen molar-refractivity contribution < 1.29 is 21.6 Å². The Morgan fingerprint density at radius 1 is 1.19 bits per heavy atom. The summed E-state index contributed by atoms with van der Waals surface area (Å²) >= 11 is 0. The number of hydrogen-bond acceptors (Lipinski definition) is 3. The summed E-state index contributed by atoms with van der Waals surface area (Å²) in [4.78, 5) is -0.0711. The van der Waals surface area contributed by atoms with E-state index >= 15 is 0 Å². The molecule has 120 valence electrons. The lowest BCUT2D eigenvalue weighted by Crippen LogP contribution is -2.28. The first-order valence-electron chi connectivity index (χ1n) is 6.80. The highest BCUT2D eigenvalue weighted by Crippen LogP contribution is 2.29. The minimum Gasteiger partial charge on any atom is -0.314 e. The van der Waals surface area contributed by atoms with E-state index in [4.69, 9.17) is 0 Å². The van der Waals surface area contributed by atoms with Gasteiger partial charge in [-0.15, -0.1) is 0 Å². The van der Waals surface area contributed by atoms with Crippen molar-refractivity contribution in [1.82, 2.24) is 5.32 Å². The topological polar surface area (TPSA) is 46.2 Å². The van der Waals surface area contributed by atoms with E-state index in [2.05, 4.69) is 5.32 Å². The molecule has 0 radical (unpaired) electrons. The Labute approximate surface area is 123 Å². The number of hydrogen-bond donors (Lipinski definition) is 1. The van der Waals surface area contributed by atoms with Gasteiger partial charge in [-0.1, -0.05) is 6.92 Å². The SMILES string of the molecule is CCCNC(C)CCS(=O)(=O)c1ccc(C(F)(F)F)cc1. The van der Waals surface area contributed by atoms with Crippen molar-refractivity contribution in [2.24, 2.45) is 0 Å². The van der Waals surface area contributed by atoms with Crippen LogP contribution in [0, 0.1) is 0 Å². The van der Waals surface area contributed by atoms with Crippen LogP contribution in [0.3, 0.4) is 0 Å². The molecule has 0 saturated carbocycles. The highest BCUT2D eigenvalue weighted by atomic mass is 32.2. The molecule has 0 aliphatic carbocycles. The van der Waals surface area contributed by atoms with Crippen molar-refractivity contribution in [2.45, 2.75) is 43.8 Å². The maximum atomic E-state index is 12.4. The largest absolute Gasteiger partial charge is 0.416 e. The molecule has 1 aromatic rings. The monoisotopic (exact) mass is 323 g/mol. The molecule has 3 nitrogen and oxygen atoms in total. The molecule has 0 aliphatic heterocycles. The molecule has 0 aliphatic rings. The summed E-state index contributed by atoms with van der Waals surface area (Å²) in [6, 6.07) is 3.68. The minimum atomic E-state index is -4.46. The van der Waals surface area contributed by atoms with E-state index in [0.717, 1.165) is 37.2 Å². The van der Waals surface area contributed by atoms with Crippen LogP contribution in [0.5, 0.6) is 0 Å². The highest BCUT2D eigenvalue weighted by Gasteiger charge is 2.30. The van der Waals surface area contributed by atoms with E-state index in [1.54, 1.807) is 0 Å². The maximum absolute atomic E-state index is 12.4. The summed E-state index contributed by atoms with van der Waals surface area (Å²) in [6.07, 6.45) is -3.08. The summed E-state index contributed by atoms with van der Waals surface area (Å²) in [6.45, 7) is 4.71. The molecule has 21 heavy (non-hydrogen) atoms. The number of benzene rings is 1. The first kappa shape index (κ1) is 18.0. The van der Waals surface area contributed by atoms with Gasteiger partial charge in [-0.2, -0.15) is 13.2 Å². The Balaban J connectivity index is 2.70. The van der Waals surface area contributed by atoms with E-state index in [0.29, 0.717) is 6.42 Å². The summed E-state index contributed by atoms with van der Waals surface area (Å²) in [7, 11) is -3.55. The lowest BCUT2D eigenvalue weighted by Gasteiger charge is -2.13. The van der Waals surface area contributed by atoms with E-state index in [9.17, 15) is 21.6 Å². The molecule has 1 rings (SSSR count). The van der Waals surface area contributed by atoms with Crippen LogP contribution in [0.1, 0.15) is 32.3 Å². The maximum Gasteiger partial charge on any atom is 0.416 e. The van der Waals surface area contributed by atoms with Gasteiger partial charge in [0.15, 0.2) is 9.84 Å². The van der Waals surface area contributed by atoms with Crippen LogP contribution in [-0.4, -0.2) is 26.8 Å². The van der Waals surface area contributed by atoms with Crippen molar-refractivity contribution in [2.75, 3.05) is 12.3 Å². The molecule has 0 saturated heterocycles. The minimum absolute atomic E-state index is 0.0502. The average Bonchev–Trinajstić information content (AvgIpc) is 2.42. The fourth-order valence-corrected chi connectivity index (χ4v) is 3.24. The Morgan fingerprint density at radius 3 is 2.24 bits per heavy atom. The summed E-state index contributed by atoms with van der Waals surface area (Å²) in [5.74, 6) is -0.0871. The average molecular weight is 323 g/mol. The molecule has 1 atom stereocenters. The fourth-order valence-electron chi connectivity index (χ4n) is 1.79. The van der Waals surface area contributed by atoms with E-state index in [1.165, 1.54) is 0 Å². The van der Waals surface area contributed by atoms with Gasteiger partial charge in [0, 0.05) is 6.04 Å². The number of sulfone groups is 1. The first-order chi connectivity index (χ1) is 9.66. The lowest BCUT2D eigenvalue weighted by atomic mass is 10.2. The molecular weight excluding hydrogens is 303 g/mol. The zero-order chi connectivity index (χ0) is 16.1. The van der Waals surface area contributed by atoms with Crippen LogP contribution >= 0.6 is 0 Å². The summed E-state index contributed by atoms with van der Waals surface area (Å²) in [5.41, 5.74) is -0.848. The van der Waals surface area contributed by atoms with E-state index in [1.807, 2.05) is 13.8 Å². The number of nitrogens with one attached hydrogen (secondary N) is 1. The molecular formula is C14H20F3NO2S. The van der Waals surface area contributed by atoms with Gasteiger partial charge in [-0.25, -0.2) is 8.42 Å². The van der Waals surface area contributed by atoms with Gasteiger partial charge < -0.3 is 5.32 Å². The highest BCUT2D eigenvalue weighted by molar-refractivity contribution is 7.91. The Bertz CT molecular complexity index is 538. The number of rotatable bonds is 7. The molecule has 1 aromatic carbocycles. The summed E-state index contributed by atoms with van der Waals surface area (Å²) < 4.78 is 61.4. The van der Waals surface area contributed by atoms with Gasteiger partial charge in [0.25, 0.3) is 0 Å². The fraction of sp³-hybridized carbons (Fsp3) is 0.571. The predicted molar refractivity (Wildman–Crippen MR) is 75.9 cm³/mol. The Kier molecular flexibility index (Phi) is 6.22. The van der Waals surface area contributed by atoms with Crippen molar-refractivity contribution >= 4 is 9.84 Å². The van der Waals surface area contributed by atoms with Crippen LogP contribution < -0.4 is 5.32 Å². The van der Waals surface area contributed by atoms with Gasteiger partial charge in [0.05, 0.1) is 16.2 Å². The second-order valence-corrected chi connectivity index (χ2v) is 7.09. The van der Waals surface area contributed by atoms with E-state index < -0.39 is 21.6 Å². The van der Waals surface area contributed by atoms with Gasteiger partial charge in [0.2, 0.25) is 0 Å². The molecule has 0 amide bonds. The molecule has 7 heteroatoms. The first-order valence-corrected chi connectivity index (χ1v) is 8.45. The van der Waals surface area contributed by atoms with Crippen LogP contribution in [0.25, 0.3) is 0 Å². The van der Waals surface area contributed by atoms with Crippen molar-refractivity contribution in [1.29, 1.82) is 0 Å². The van der Waals surface area contributed by atoms with Gasteiger partial charge in [-0.05, 0) is 50.6 Å². The third-order valence-electron chi connectivity index (χ3n) is 3.10. The molecule has 0 fully saturated rings. The third kappa shape index (κ3) is 5.67. The van der Waals surface area contributed by atoms with Crippen LogP contribution in [0.15, 0.2) is 29.2 Å². The van der Waals surface area contributed by atoms with Crippen LogP contribution in [-0.2, 0) is 16.0 Å². The second kappa shape index (κ2) is 7.26. The zero-order valence-corrected chi connectivity index (χ0v) is 12.9. The molecule has 0 aromatic heterocycles. The lowest BCUT2D eigenvalue weighted by molar-refractivity contribution is -0.137. The number of halogens is 3. The molecule has 1 unspecified atom stereocenters. The zero-order valence-electron chi connectivity index (χ0n) is 12.1. The van der Waals surface area contributed by atoms with Gasteiger partial charge in [0.1, 0.15) is 0 Å². The molecule has 0 bridgehead atoms. The van der Waals surface area contributed by atoms with E-state index in [-0.39, 0.29) is 16.7 Å². The van der Waals surface area contributed by atoms with Gasteiger partial charge in [-0.3, -0.25) is 0 Å². The van der Waals surface area contributed by atoms with Crippen LogP contribution in [0.2, 0.25) is 0 Å². The second-order valence-electron chi connectivity index (χ2n) is 4.98. The van der Waals surface area contributed by atoms with Crippen molar-refractivity contribution in [3.63, 3.8) is 0 Å². The quantitative estimate of drug-likeness (QED) is 0.838. The standard InChI is InChI=1S/C14H20F3NO2S/c1-3-9-18-11(2)8-10-21(19,20)13-6-4-12(5-7-13)14(15,16)17/h4-7,11,18H,3,8-10H2,1-2H3. The smallest absolute Gasteiger partial charge is 0.314 e. The third-order valence-corrected chi connectivity index (χ3v) is 4.87. The predicted octanol–water partition coefficient (Wildman–Crippen LogP) is 3.26. The van der Waals surface area contributed by atoms with Crippen molar-refractivity contribution in [3.05, 3.63) is 29.8 Å².